The van der Waals surface area contributed by atoms with Crippen molar-refractivity contribution in [3.05, 3.63) is 35.9 Å². The number of carbonyl (C=O) groups excluding carboxylic acids is 2. The largest absolute Gasteiger partial charge is 0.339 e. The van der Waals surface area contributed by atoms with E-state index in [1.54, 1.807) is 6.07 Å². The van der Waals surface area contributed by atoms with E-state index in [9.17, 15) is 14.9 Å². The van der Waals surface area contributed by atoms with Crippen LogP contribution >= 0.6 is 0 Å². The van der Waals surface area contributed by atoms with Gasteiger partial charge in [-0.2, -0.15) is 5.26 Å². The molecule has 0 spiro atoms. The van der Waals surface area contributed by atoms with Gasteiger partial charge in [0.25, 0.3) is 0 Å². The van der Waals surface area contributed by atoms with Crippen LogP contribution in [0, 0.1) is 17.2 Å². The molecule has 27 heavy (non-hydrogen) atoms. The maximum atomic E-state index is 13.0. The Kier molecular flexibility index (Phi) is 4.76. The lowest BCUT2D eigenvalue weighted by atomic mass is 9.83. The van der Waals surface area contributed by atoms with Gasteiger partial charge in [-0.15, -0.1) is 0 Å². The molecule has 1 aliphatic heterocycles. The number of nitrogens with one attached hydrogen (secondary N) is 1. The molecule has 1 aliphatic carbocycles. The average molecular weight is 362 g/mol. The van der Waals surface area contributed by atoms with Crippen molar-refractivity contribution < 1.29 is 9.59 Å². The van der Waals surface area contributed by atoms with Gasteiger partial charge >= 0.3 is 0 Å². The lowest BCUT2D eigenvalue weighted by Gasteiger charge is -2.37. The number of carbonyl (C=O) groups is 2. The molecule has 2 aromatic rings. The van der Waals surface area contributed by atoms with Gasteiger partial charge in [0.05, 0.1) is 23.1 Å². The zero-order valence-corrected chi connectivity index (χ0v) is 15.1. The van der Waals surface area contributed by atoms with Crippen LogP contribution in [0.1, 0.15) is 44.1 Å². The molecule has 1 saturated carbocycles. The van der Waals surface area contributed by atoms with Crippen LogP contribution in [-0.2, 0) is 9.59 Å². The summed E-state index contributed by atoms with van der Waals surface area (Å²) in [7, 11) is 0. The molecule has 1 aromatic heterocycles. The Morgan fingerprint density at radius 1 is 1.22 bits per heavy atom. The number of aromatic nitrogens is 1. The third-order valence-corrected chi connectivity index (χ3v) is 5.66. The lowest BCUT2D eigenvalue weighted by Crippen LogP contribution is -2.47. The van der Waals surface area contributed by atoms with Crippen molar-refractivity contribution in [3.63, 3.8) is 0 Å². The molecular weight excluding hydrogens is 340 g/mol. The van der Waals surface area contributed by atoms with Gasteiger partial charge in [0.2, 0.25) is 11.8 Å². The third kappa shape index (κ3) is 3.37. The first-order valence-electron chi connectivity index (χ1n) is 9.57. The standard InChI is InChI=1S/C21H22N4O2/c22-13-14-12-19(23-17-8-3-1-6-15(14)17)24-21(27)16-7-2-4-9-18(16)25-11-5-10-20(25)26/h1,3,6,8,12,16,18H,2,4-5,7,9-11H2,(H,23,24,27)/t16-,18+/m1/s1. The molecule has 6 nitrogen and oxygen atoms in total. The Morgan fingerprint density at radius 2 is 2.04 bits per heavy atom. The van der Waals surface area contributed by atoms with E-state index in [-0.39, 0.29) is 23.8 Å². The molecule has 1 aromatic carbocycles. The van der Waals surface area contributed by atoms with Gasteiger partial charge in [0, 0.05) is 24.4 Å². The number of fused-ring (bicyclic) bond motifs is 1. The molecule has 0 radical (unpaired) electrons. The normalized spacial score (nSPS) is 22.6. The van der Waals surface area contributed by atoms with Gasteiger partial charge in [0.15, 0.2) is 0 Å². The molecule has 4 rings (SSSR count). The van der Waals surface area contributed by atoms with Gasteiger partial charge in [-0.05, 0) is 31.4 Å². The summed E-state index contributed by atoms with van der Waals surface area (Å²) in [6, 6.07) is 11.2. The molecule has 0 bridgehead atoms. The summed E-state index contributed by atoms with van der Waals surface area (Å²) in [6.45, 7) is 0.750. The van der Waals surface area contributed by atoms with E-state index in [1.807, 2.05) is 29.2 Å². The van der Waals surface area contributed by atoms with Crippen LogP contribution in [0.5, 0.6) is 0 Å². The van der Waals surface area contributed by atoms with Gasteiger partial charge in [-0.25, -0.2) is 4.98 Å². The van der Waals surface area contributed by atoms with Crippen LogP contribution in [0.4, 0.5) is 5.82 Å². The van der Waals surface area contributed by atoms with Crippen molar-refractivity contribution in [2.24, 2.45) is 5.92 Å². The summed E-state index contributed by atoms with van der Waals surface area (Å²) >= 11 is 0. The first kappa shape index (κ1) is 17.5. The fraction of sp³-hybridized carbons (Fsp3) is 0.429. The number of para-hydroxylation sites is 1. The fourth-order valence-electron chi connectivity index (χ4n) is 4.36. The number of likely N-dealkylation sites (tertiary alicyclic amines) is 1. The highest BCUT2D eigenvalue weighted by atomic mass is 16.2. The number of hydrogen-bond acceptors (Lipinski definition) is 4. The van der Waals surface area contributed by atoms with E-state index in [0.29, 0.717) is 23.3 Å². The fourth-order valence-corrected chi connectivity index (χ4v) is 4.36. The molecule has 1 saturated heterocycles. The summed E-state index contributed by atoms with van der Waals surface area (Å²) in [6.07, 6.45) is 5.15. The Labute approximate surface area is 158 Å². The Hall–Kier alpha value is -2.94. The average Bonchev–Trinajstić information content (AvgIpc) is 3.13. The molecule has 6 heteroatoms. The highest BCUT2D eigenvalue weighted by Gasteiger charge is 2.38. The Balaban J connectivity index is 1.58. The smallest absolute Gasteiger partial charge is 0.230 e. The molecule has 2 atom stereocenters. The van der Waals surface area contributed by atoms with E-state index in [0.717, 1.165) is 44.0 Å². The topological polar surface area (TPSA) is 86.1 Å². The molecule has 2 amide bonds. The van der Waals surface area contributed by atoms with Crippen LogP contribution in [0.15, 0.2) is 30.3 Å². The minimum atomic E-state index is -0.223. The van der Waals surface area contributed by atoms with E-state index in [1.165, 1.54) is 0 Å². The van der Waals surface area contributed by atoms with Crippen molar-refractivity contribution in [2.75, 3.05) is 11.9 Å². The monoisotopic (exact) mass is 362 g/mol. The second-order valence-electron chi connectivity index (χ2n) is 7.32. The van der Waals surface area contributed by atoms with E-state index < -0.39 is 0 Å². The van der Waals surface area contributed by atoms with Crippen LogP contribution < -0.4 is 5.32 Å². The Morgan fingerprint density at radius 3 is 2.81 bits per heavy atom. The predicted molar refractivity (Wildman–Crippen MR) is 102 cm³/mol. The summed E-state index contributed by atoms with van der Waals surface area (Å²) in [5.74, 6) is 0.230. The number of rotatable bonds is 3. The maximum absolute atomic E-state index is 13.0. The first-order valence-corrected chi connectivity index (χ1v) is 9.57. The minimum absolute atomic E-state index is 0.0235. The van der Waals surface area contributed by atoms with Crippen LogP contribution in [0.3, 0.4) is 0 Å². The number of amides is 2. The number of anilines is 1. The van der Waals surface area contributed by atoms with Crippen LogP contribution in [0.25, 0.3) is 10.9 Å². The second kappa shape index (κ2) is 7.36. The maximum Gasteiger partial charge on any atom is 0.230 e. The Bertz CT molecular complexity index is 933. The number of nitrogens with zero attached hydrogens (tertiary/aromatic N) is 3. The third-order valence-electron chi connectivity index (χ3n) is 5.66. The zero-order chi connectivity index (χ0) is 18.8. The summed E-state index contributed by atoms with van der Waals surface area (Å²) in [5, 5.41) is 13.1. The SMILES string of the molecule is N#Cc1cc(NC(=O)[C@@H]2CCCC[C@@H]2N2CCCC2=O)nc2ccccc12. The minimum Gasteiger partial charge on any atom is -0.339 e. The van der Waals surface area contributed by atoms with Crippen LogP contribution in [0.2, 0.25) is 0 Å². The van der Waals surface area contributed by atoms with Gasteiger partial charge in [-0.1, -0.05) is 31.0 Å². The highest BCUT2D eigenvalue weighted by Crippen LogP contribution is 2.32. The van der Waals surface area contributed by atoms with E-state index in [2.05, 4.69) is 16.4 Å². The second-order valence-corrected chi connectivity index (χ2v) is 7.32. The molecule has 2 heterocycles. The number of pyridine rings is 1. The van der Waals surface area contributed by atoms with Crippen molar-refractivity contribution in [2.45, 2.75) is 44.6 Å². The van der Waals surface area contributed by atoms with Crippen molar-refractivity contribution in [3.8, 4) is 6.07 Å². The first-order chi connectivity index (χ1) is 13.2. The van der Waals surface area contributed by atoms with Crippen molar-refractivity contribution in [1.29, 1.82) is 5.26 Å². The molecule has 2 aliphatic rings. The van der Waals surface area contributed by atoms with E-state index in [4.69, 9.17) is 0 Å². The zero-order valence-electron chi connectivity index (χ0n) is 15.1. The van der Waals surface area contributed by atoms with Gasteiger partial charge in [-0.3, -0.25) is 9.59 Å². The summed E-state index contributed by atoms with van der Waals surface area (Å²) in [5.41, 5.74) is 1.17. The van der Waals surface area contributed by atoms with Gasteiger partial charge in [0.1, 0.15) is 5.82 Å². The summed E-state index contributed by atoms with van der Waals surface area (Å²) in [4.78, 5) is 31.6. The van der Waals surface area contributed by atoms with E-state index >= 15 is 0 Å². The number of hydrogen-bond donors (Lipinski definition) is 1. The number of benzene rings is 1. The molecular formula is C21H22N4O2. The van der Waals surface area contributed by atoms with Crippen molar-refractivity contribution >= 4 is 28.5 Å². The summed E-state index contributed by atoms with van der Waals surface area (Å²) < 4.78 is 0. The van der Waals surface area contributed by atoms with Gasteiger partial charge < -0.3 is 10.2 Å². The highest BCUT2D eigenvalue weighted by molar-refractivity contribution is 5.95. The lowest BCUT2D eigenvalue weighted by molar-refractivity contribution is -0.133. The number of nitriles is 1. The van der Waals surface area contributed by atoms with Crippen LogP contribution in [-0.4, -0.2) is 34.3 Å². The molecule has 1 N–H and O–H groups in total. The van der Waals surface area contributed by atoms with Crippen molar-refractivity contribution in [1.82, 2.24) is 9.88 Å². The molecule has 0 unspecified atom stereocenters. The predicted octanol–water partition coefficient (Wildman–Crippen LogP) is 3.23. The molecule has 2 fully saturated rings. The quantitative estimate of drug-likeness (QED) is 0.908. The molecule has 138 valence electrons.